The van der Waals surface area contributed by atoms with Crippen molar-refractivity contribution in [1.29, 1.82) is 0 Å². The first kappa shape index (κ1) is 31.6. The minimum Gasteiger partial charge on any atom is -0.444 e. The van der Waals surface area contributed by atoms with Crippen LogP contribution in [0.4, 0.5) is 23.2 Å². The fourth-order valence-corrected chi connectivity index (χ4v) is 6.65. The molecule has 0 radical (unpaired) electrons. The Bertz CT molecular complexity index is 1780. The van der Waals surface area contributed by atoms with E-state index < -0.39 is 23.6 Å². The SMILES string of the molecule is C[C@@H]1CN(c2cc(-c3n[nH]c(C(F)(F)F)n3)nnc2CN2CCC(c3cccc4c3O[C@](C)(c3ccc(Cl)cc3F)O4)CC2)CCO1. The zero-order chi connectivity index (χ0) is 32.9. The molecular formula is C32H32ClF4N7O3. The van der Waals surface area contributed by atoms with Crippen LogP contribution >= 0.6 is 11.6 Å². The average molecular weight is 674 g/mol. The lowest BCUT2D eigenvalue weighted by Gasteiger charge is -2.36. The number of benzene rings is 2. The largest absolute Gasteiger partial charge is 0.451 e. The first-order valence-electron chi connectivity index (χ1n) is 15.4. The minimum absolute atomic E-state index is 0.0267. The highest BCUT2D eigenvalue weighted by Crippen LogP contribution is 2.50. The van der Waals surface area contributed by atoms with E-state index in [0.717, 1.165) is 37.2 Å². The molecule has 2 aromatic heterocycles. The van der Waals surface area contributed by atoms with Crippen LogP contribution in [0, 0.1) is 5.82 Å². The maximum absolute atomic E-state index is 14.8. The Morgan fingerprint density at radius 1 is 1.06 bits per heavy atom. The second-order valence-electron chi connectivity index (χ2n) is 12.2. The maximum Gasteiger partial charge on any atom is 0.451 e. The van der Waals surface area contributed by atoms with Crippen molar-refractivity contribution in [2.45, 2.75) is 57.2 Å². The lowest BCUT2D eigenvalue weighted by molar-refractivity contribution is -0.144. The Kier molecular flexibility index (Phi) is 8.21. The van der Waals surface area contributed by atoms with Gasteiger partial charge in [-0.1, -0.05) is 23.7 Å². The van der Waals surface area contributed by atoms with Gasteiger partial charge in [-0.05, 0) is 69.1 Å². The number of aromatic amines is 1. The number of aromatic nitrogens is 5. The summed E-state index contributed by atoms with van der Waals surface area (Å²) < 4.78 is 72.5. The molecule has 3 aliphatic heterocycles. The van der Waals surface area contributed by atoms with E-state index in [4.69, 9.17) is 25.8 Å². The molecule has 47 heavy (non-hydrogen) atoms. The van der Waals surface area contributed by atoms with Crippen molar-refractivity contribution in [2.75, 3.05) is 37.7 Å². The minimum atomic E-state index is -4.65. The molecule has 10 nitrogen and oxygen atoms in total. The number of hydrogen-bond donors (Lipinski definition) is 1. The Morgan fingerprint density at radius 3 is 2.60 bits per heavy atom. The van der Waals surface area contributed by atoms with E-state index in [0.29, 0.717) is 48.5 Å². The monoisotopic (exact) mass is 673 g/mol. The average Bonchev–Trinajstić information content (AvgIpc) is 3.67. The number of rotatable bonds is 6. The maximum atomic E-state index is 14.8. The highest BCUT2D eigenvalue weighted by molar-refractivity contribution is 6.30. The number of nitrogens with one attached hydrogen (secondary N) is 1. The van der Waals surface area contributed by atoms with Gasteiger partial charge in [0.05, 0.1) is 24.0 Å². The fraction of sp³-hybridized carbons (Fsp3) is 0.438. The van der Waals surface area contributed by atoms with E-state index >= 15 is 0 Å². The molecule has 0 unspecified atom stereocenters. The fourth-order valence-electron chi connectivity index (χ4n) is 6.49. The Balaban J connectivity index is 1.08. The first-order chi connectivity index (χ1) is 22.5. The predicted octanol–water partition coefficient (Wildman–Crippen LogP) is 6.32. The van der Waals surface area contributed by atoms with Gasteiger partial charge in [0.15, 0.2) is 11.5 Å². The molecule has 0 spiro atoms. The van der Waals surface area contributed by atoms with E-state index in [-0.39, 0.29) is 29.1 Å². The van der Waals surface area contributed by atoms with E-state index in [1.54, 1.807) is 25.1 Å². The third-order valence-electron chi connectivity index (χ3n) is 8.84. The number of ether oxygens (including phenoxy) is 3. The van der Waals surface area contributed by atoms with Crippen LogP contribution in [0.2, 0.25) is 5.02 Å². The van der Waals surface area contributed by atoms with E-state index in [1.807, 2.05) is 30.2 Å². The van der Waals surface area contributed by atoms with E-state index in [9.17, 15) is 17.6 Å². The molecule has 5 heterocycles. The van der Waals surface area contributed by atoms with Crippen LogP contribution < -0.4 is 14.4 Å². The van der Waals surface area contributed by atoms with Crippen LogP contribution in [0.5, 0.6) is 11.5 Å². The molecule has 4 aromatic rings. The second kappa shape index (κ2) is 12.2. The zero-order valence-corrected chi connectivity index (χ0v) is 26.4. The predicted molar refractivity (Wildman–Crippen MR) is 164 cm³/mol. The van der Waals surface area contributed by atoms with Gasteiger partial charge in [0, 0.05) is 37.1 Å². The van der Waals surface area contributed by atoms with Gasteiger partial charge < -0.3 is 19.1 Å². The van der Waals surface area contributed by atoms with Crippen molar-refractivity contribution < 1.29 is 31.8 Å². The molecule has 2 saturated heterocycles. The van der Waals surface area contributed by atoms with Crippen molar-refractivity contribution in [3.05, 3.63) is 75.9 Å². The first-order valence-corrected chi connectivity index (χ1v) is 15.8. The summed E-state index contributed by atoms with van der Waals surface area (Å²) >= 11 is 5.97. The summed E-state index contributed by atoms with van der Waals surface area (Å²) in [6.45, 7) is 7.41. The highest BCUT2D eigenvalue weighted by Gasteiger charge is 2.43. The molecule has 0 bridgehead atoms. The van der Waals surface area contributed by atoms with E-state index in [2.05, 4.69) is 30.1 Å². The summed E-state index contributed by atoms with van der Waals surface area (Å²) in [5.41, 5.74) is 2.91. The molecule has 15 heteroatoms. The third kappa shape index (κ3) is 6.33. The molecule has 0 aliphatic carbocycles. The molecule has 2 fully saturated rings. The topological polar surface area (TPSA) is 102 Å². The van der Waals surface area contributed by atoms with Crippen molar-refractivity contribution in [1.82, 2.24) is 30.3 Å². The highest BCUT2D eigenvalue weighted by atomic mass is 35.5. The van der Waals surface area contributed by atoms with Gasteiger partial charge in [0.2, 0.25) is 11.6 Å². The van der Waals surface area contributed by atoms with Crippen LogP contribution in [0.3, 0.4) is 0 Å². The number of likely N-dealkylation sites (tertiary alicyclic amines) is 1. The lowest BCUT2D eigenvalue weighted by Crippen LogP contribution is -2.42. The van der Waals surface area contributed by atoms with Gasteiger partial charge in [-0.2, -0.15) is 23.4 Å². The Labute approximate surface area is 273 Å². The smallest absolute Gasteiger partial charge is 0.444 e. The third-order valence-corrected chi connectivity index (χ3v) is 9.08. The molecule has 0 saturated carbocycles. The normalized spacial score (nSPS) is 22.2. The molecule has 2 atom stereocenters. The second-order valence-corrected chi connectivity index (χ2v) is 12.6. The zero-order valence-electron chi connectivity index (χ0n) is 25.7. The molecular weight excluding hydrogens is 642 g/mol. The number of H-pyrrole nitrogens is 1. The van der Waals surface area contributed by atoms with Crippen LogP contribution in [-0.2, 0) is 23.2 Å². The molecule has 0 amide bonds. The van der Waals surface area contributed by atoms with Gasteiger partial charge in [0.1, 0.15) is 17.2 Å². The van der Waals surface area contributed by atoms with Crippen molar-refractivity contribution >= 4 is 17.3 Å². The van der Waals surface area contributed by atoms with E-state index in [1.165, 1.54) is 6.07 Å². The summed E-state index contributed by atoms with van der Waals surface area (Å²) in [7, 11) is 0. The molecule has 1 N–H and O–H groups in total. The summed E-state index contributed by atoms with van der Waals surface area (Å²) in [6, 6.07) is 11.9. The molecule has 2 aromatic carbocycles. The summed E-state index contributed by atoms with van der Waals surface area (Å²) in [6.07, 6.45) is -3.01. The van der Waals surface area contributed by atoms with Gasteiger partial charge in [-0.25, -0.2) is 9.37 Å². The molecule has 3 aliphatic rings. The summed E-state index contributed by atoms with van der Waals surface area (Å²) in [5, 5.41) is 14.7. The number of morpholine rings is 1. The van der Waals surface area contributed by atoms with Crippen LogP contribution in [0.25, 0.3) is 11.5 Å². The number of piperidine rings is 1. The van der Waals surface area contributed by atoms with Crippen LogP contribution in [0.1, 0.15) is 55.3 Å². The Hall–Kier alpha value is -4.01. The van der Waals surface area contributed by atoms with Crippen molar-refractivity contribution in [3.8, 4) is 23.0 Å². The van der Waals surface area contributed by atoms with Gasteiger partial charge >= 0.3 is 6.18 Å². The Morgan fingerprint density at radius 2 is 1.87 bits per heavy atom. The van der Waals surface area contributed by atoms with Crippen LogP contribution in [0.15, 0.2) is 42.5 Å². The number of nitrogens with zero attached hydrogens (tertiary/aromatic N) is 6. The van der Waals surface area contributed by atoms with Crippen molar-refractivity contribution in [2.24, 2.45) is 0 Å². The van der Waals surface area contributed by atoms with Crippen molar-refractivity contribution in [3.63, 3.8) is 0 Å². The number of para-hydroxylation sites is 1. The van der Waals surface area contributed by atoms with Crippen LogP contribution in [-0.4, -0.2) is 69.2 Å². The molecule has 248 valence electrons. The number of alkyl halides is 3. The lowest BCUT2D eigenvalue weighted by atomic mass is 9.88. The molecule has 7 rings (SSSR count). The quantitative estimate of drug-likeness (QED) is 0.236. The van der Waals surface area contributed by atoms with Gasteiger partial charge in [-0.3, -0.25) is 10.00 Å². The number of fused-ring (bicyclic) bond motifs is 1. The number of anilines is 1. The number of halogens is 5. The van der Waals surface area contributed by atoms with Gasteiger partial charge in [0.25, 0.3) is 5.79 Å². The summed E-state index contributed by atoms with van der Waals surface area (Å²) in [5.74, 6) is -1.82. The standard InChI is InChI=1S/C32H32ClF4N7O3/c1-18-16-44(12-13-45-18)26-15-24(29-38-30(42-41-29)32(35,36)37)39-40-25(26)17-43-10-8-19(9-11-43)21-4-3-5-27-28(21)47-31(2,46-27)22-7-6-20(33)14-23(22)34/h3-7,14-15,18-19H,8-13,16-17H2,1-2H3,(H,38,41,42)/t18-,31-/m1/s1. The summed E-state index contributed by atoms with van der Waals surface area (Å²) in [4.78, 5) is 8.01. The van der Waals surface area contributed by atoms with Gasteiger partial charge in [-0.15, -0.1) is 5.10 Å². The number of hydrogen-bond acceptors (Lipinski definition) is 9.